The van der Waals surface area contributed by atoms with Crippen LogP contribution in [0, 0.1) is 0 Å². The van der Waals surface area contributed by atoms with Gasteiger partial charge in [0.05, 0.1) is 12.3 Å². The van der Waals surface area contributed by atoms with Gasteiger partial charge in [-0.1, -0.05) is 58.4 Å². The van der Waals surface area contributed by atoms with E-state index in [-0.39, 0.29) is 0 Å². The largest absolute Gasteiger partial charge is 0.494 e. The summed E-state index contributed by atoms with van der Waals surface area (Å²) in [6.45, 7) is 5.05. The van der Waals surface area contributed by atoms with Crippen LogP contribution in [-0.2, 0) is 6.42 Å². The summed E-state index contributed by atoms with van der Waals surface area (Å²) < 4.78 is 19.5. The minimum atomic E-state index is -0.700. The van der Waals surface area contributed by atoms with Gasteiger partial charge in [0.2, 0.25) is 0 Å². The van der Waals surface area contributed by atoms with Crippen molar-refractivity contribution in [1.29, 1.82) is 0 Å². The summed E-state index contributed by atoms with van der Waals surface area (Å²) in [5.41, 5.74) is 3.12. The third-order valence-corrected chi connectivity index (χ3v) is 5.09. The average Bonchev–Trinajstić information content (AvgIpc) is 2.73. The van der Waals surface area contributed by atoms with E-state index < -0.39 is 6.17 Å². The van der Waals surface area contributed by atoms with Crippen LogP contribution < -0.4 is 4.74 Å². The molecular formula is C25H36FNO. The minimum Gasteiger partial charge on any atom is -0.494 e. The molecule has 1 atom stereocenters. The van der Waals surface area contributed by atoms with Crippen molar-refractivity contribution >= 4 is 0 Å². The fourth-order valence-corrected chi connectivity index (χ4v) is 3.32. The Morgan fingerprint density at radius 2 is 1.61 bits per heavy atom. The summed E-state index contributed by atoms with van der Waals surface area (Å²) >= 11 is 0. The Hall–Kier alpha value is -1.90. The highest BCUT2D eigenvalue weighted by molar-refractivity contribution is 5.60. The molecule has 0 saturated heterocycles. The molecule has 0 amide bonds. The topological polar surface area (TPSA) is 22.1 Å². The average molecular weight is 386 g/mol. The third-order valence-electron chi connectivity index (χ3n) is 5.09. The van der Waals surface area contributed by atoms with E-state index in [0.717, 1.165) is 48.4 Å². The Labute approximate surface area is 170 Å². The molecule has 0 bridgehead atoms. The normalized spacial score (nSPS) is 12.1. The second-order valence-corrected chi connectivity index (χ2v) is 7.62. The number of halogens is 1. The van der Waals surface area contributed by atoms with Crippen LogP contribution in [0.5, 0.6) is 5.75 Å². The molecule has 0 saturated carbocycles. The molecule has 0 radical (unpaired) electrons. The molecule has 2 rings (SSSR count). The van der Waals surface area contributed by atoms with Crippen molar-refractivity contribution in [3.8, 4) is 17.0 Å². The lowest BCUT2D eigenvalue weighted by Crippen LogP contribution is -2.01. The highest BCUT2D eigenvalue weighted by atomic mass is 19.1. The predicted octanol–water partition coefficient (Wildman–Crippen LogP) is 7.56. The zero-order valence-electron chi connectivity index (χ0n) is 17.6. The van der Waals surface area contributed by atoms with Gasteiger partial charge < -0.3 is 4.74 Å². The van der Waals surface area contributed by atoms with Crippen LogP contribution in [0.3, 0.4) is 0 Å². The fraction of sp³-hybridized carbons (Fsp3) is 0.560. The maximum atomic E-state index is 13.6. The number of rotatable bonds is 14. The molecule has 0 aliphatic rings. The van der Waals surface area contributed by atoms with Gasteiger partial charge in [-0.2, -0.15) is 0 Å². The van der Waals surface area contributed by atoms with Gasteiger partial charge in [0.25, 0.3) is 0 Å². The summed E-state index contributed by atoms with van der Waals surface area (Å²) in [4.78, 5) is 4.55. The molecule has 0 fully saturated rings. The SMILES string of the molecule is CCCCCCCCOc1ccc(-c2ccc(CCC(F)CCC)cn2)cc1. The van der Waals surface area contributed by atoms with E-state index in [9.17, 15) is 4.39 Å². The van der Waals surface area contributed by atoms with E-state index >= 15 is 0 Å². The number of benzene rings is 1. The quantitative estimate of drug-likeness (QED) is 0.313. The van der Waals surface area contributed by atoms with Gasteiger partial charge in [0.1, 0.15) is 11.9 Å². The molecule has 3 heteroatoms. The van der Waals surface area contributed by atoms with Crippen LogP contribution in [-0.4, -0.2) is 17.8 Å². The lowest BCUT2D eigenvalue weighted by molar-refractivity contribution is 0.294. The first-order valence-corrected chi connectivity index (χ1v) is 11.0. The van der Waals surface area contributed by atoms with E-state index in [1.807, 2.05) is 31.3 Å². The fourth-order valence-electron chi connectivity index (χ4n) is 3.32. The number of aromatic nitrogens is 1. The Bertz CT molecular complexity index is 639. The van der Waals surface area contributed by atoms with E-state index in [1.165, 1.54) is 32.1 Å². The van der Waals surface area contributed by atoms with Crippen molar-refractivity contribution in [3.63, 3.8) is 0 Å². The van der Waals surface area contributed by atoms with Crippen molar-refractivity contribution in [2.75, 3.05) is 6.61 Å². The molecule has 0 N–H and O–H groups in total. The van der Waals surface area contributed by atoms with Crippen LogP contribution in [0.1, 0.15) is 77.2 Å². The lowest BCUT2D eigenvalue weighted by atomic mass is 10.1. The third kappa shape index (κ3) is 8.41. The van der Waals surface area contributed by atoms with Gasteiger partial charge in [0.15, 0.2) is 0 Å². The first-order chi connectivity index (χ1) is 13.7. The maximum absolute atomic E-state index is 13.6. The molecule has 0 aliphatic carbocycles. The van der Waals surface area contributed by atoms with Gasteiger partial charge in [-0.25, -0.2) is 4.39 Å². The molecule has 0 spiro atoms. The van der Waals surface area contributed by atoms with Crippen molar-refractivity contribution in [1.82, 2.24) is 4.98 Å². The number of hydrogen-bond acceptors (Lipinski definition) is 2. The molecule has 1 aromatic carbocycles. The summed E-state index contributed by atoms with van der Waals surface area (Å²) in [5.74, 6) is 0.916. The highest BCUT2D eigenvalue weighted by Gasteiger charge is 2.06. The van der Waals surface area contributed by atoms with E-state index in [2.05, 4.69) is 30.1 Å². The van der Waals surface area contributed by atoms with Crippen LogP contribution in [0.25, 0.3) is 11.3 Å². The number of aryl methyl sites for hydroxylation is 1. The number of unbranched alkanes of at least 4 members (excludes halogenated alkanes) is 5. The molecule has 154 valence electrons. The monoisotopic (exact) mass is 385 g/mol. The smallest absolute Gasteiger partial charge is 0.119 e. The molecule has 0 aliphatic heterocycles. The molecular weight excluding hydrogens is 349 g/mol. The Morgan fingerprint density at radius 3 is 2.29 bits per heavy atom. The first-order valence-electron chi connectivity index (χ1n) is 11.0. The summed E-state index contributed by atoms with van der Waals surface area (Å²) in [6.07, 6.45) is 11.7. The molecule has 1 aromatic heterocycles. The Balaban J connectivity index is 1.75. The molecule has 28 heavy (non-hydrogen) atoms. The number of nitrogens with zero attached hydrogens (tertiary/aromatic N) is 1. The zero-order chi connectivity index (χ0) is 20.0. The van der Waals surface area contributed by atoms with Crippen molar-refractivity contribution in [3.05, 3.63) is 48.2 Å². The van der Waals surface area contributed by atoms with Gasteiger partial charge in [-0.15, -0.1) is 0 Å². The van der Waals surface area contributed by atoms with Crippen molar-refractivity contribution in [2.45, 2.75) is 84.2 Å². The Morgan fingerprint density at radius 1 is 0.857 bits per heavy atom. The molecule has 1 heterocycles. The van der Waals surface area contributed by atoms with Crippen LogP contribution in [0.4, 0.5) is 4.39 Å². The van der Waals surface area contributed by atoms with Crippen LogP contribution in [0.15, 0.2) is 42.6 Å². The molecule has 2 aromatic rings. The number of alkyl halides is 1. The standard InChI is InChI=1S/C25H36FNO/c1-3-5-6-7-8-9-19-28-24-16-13-22(14-17-24)25-18-12-21(20-27-25)11-15-23(26)10-4-2/h12-14,16-18,20,23H,3-11,15,19H2,1-2H3. The summed E-state index contributed by atoms with van der Waals surface area (Å²) in [5, 5.41) is 0. The van der Waals surface area contributed by atoms with Gasteiger partial charge >= 0.3 is 0 Å². The van der Waals surface area contributed by atoms with Crippen molar-refractivity contribution in [2.24, 2.45) is 0 Å². The van der Waals surface area contributed by atoms with Gasteiger partial charge in [0, 0.05) is 11.8 Å². The summed E-state index contributed by atoms with van der Waals surface area (Å²) in [6, 6.07) is 12.2. The highest BCUT2D eigenvalue weighted by Crippen LogP contribution is 2.22. The van der Waals surface area contributed by atoms with Crippen LogP contribution in [0.2, 0.25) is 0 Å². The Kier molecular flexibility index (Phi) is 10.6. The first kappa shape index (κ1) is 22.4. The van der Waals surface area contributed by atoms with Gasteiger partial charge in [-0.3, -0.25) is 4.98 Å². The number of hydrogen-bond donors (Lipinski definition) is 0. The molecule has 2 nitrogen and oxygen atoms in total. The number of ether oxygens (including phenoxy) is 1. The second-order valence-electron chi connectivity index (χ2n) is 7.62. The molecule has 1 unspecified atom stereocenters. The lowest BCUT2D eigenvalue weighted by Gasteiger charge is -2.08. The van der Waals surface area contributed by atoms with Crippen molar-refractivity contribution < 1.29 is 9.13 Å². The number of pyridine rings is 1. The minimum absolute atomic E-state index is 0.583. The zero-order valence-corrected chi connectivity index (χ0v) is 17.6. The van der Waals surface area contributed by atoms with E-state index in [0.29, 0.717) is 12.8 Å². The predicted molar refractivity (Wildman–Crippen MR) is 117 cm³/mol. The maximum Gasteiger partial charge on any atom is 0.119 e. The van der Waals surface area contributed by atoms with E-state index in [4.69, 9.17) is 4.74 Å². The van der Waals surface area contributed by atoms with Crippen LogP contribution >= 0.6 is 0 Å². The second kappa shape index (κ2) is 13.3. The summed E-state index contributed by atoms with van der Waals surface area (Å²) in [7, 11) is 0. The van der Waals surface area contributed by atoms with E-state index in [1.54, 1.807) is 0 Å². The van der Waals surface area contributed by atoms with Gasteiger partial charge in [-0.05, 0) is 61.6 Å².